The summed E-state index contributed by atoms with van der Waals surface area (Å²) in [6.45, 7) is 3.14. The molecule has 2 aliphatic rings. The summed E-state index contributed by atoms with van der Waals surface area (Å²) in [7, 11) is 0. The molecule has 2 fully saturated rings. The zero-order chi connectivity index (χ0) is 18.2. The van der Waals surface area contributed by atoms with Gasteiger partial charge >= 0.3 is 0 Å². The van der Waals surface area contributed by atoms with E-state index in [-0.39, 0.29) is 5.75 Å². The molecule has 2 unspecified atom stereocenters. The Morgan fingerprint density at radius 2 is 2.11 bits per heavy atom. The summed E-state index contributed by atoms with van der Waals surface area (Å²) < 4.78 is 1.71. The molecule has 1 aromatic carbocycles. The number of anilines is 1. The Kier molecular flexibility index (Phi) is 4.01. The van der Waals surface area contributed by atoms with Crippen LogP contribution in [-0.2, 0) is 0 Å². The summed E-state index contributed by atoms with van der Waals surface area (Å²) in [5.74, 6) is 1.78. The summed E-state index contributed by atoms with van der Waals surface area (Å²) in [6, 6.07) is 11.9. The van der Waals surface area contributed by atoms with Crippen LogP contribution in [0.5, 0.6) is 5.75 Å². The molecule has 3 aromatic rings. The van der Waals surface area contributed by atoms with E-state index in [1.165, 1.54) is 6.42 Å². The third kappa shape index (κ3) is 3.14. The van der Waals surface area contributed by atoms with Crippen LogP contribution in [0.2, 0.25) is 0 Å². The normalized spacial score (nSPS) is 22.0. The molecule has 2 aliphatic heterocycles. The average molecular weight is 362 g/mol. The molecule has 0 spiro atoms. The maximum atomic E-state index is 10.4. The smallest absolute Gasteiger partial charge is 0.151 e. The first-order valence-electron chi connectivity index (χ1n) is 9.42. The molecule has 0 saturated carbocycles. The summed E-state index contributed by atoms with van der Waals surface area (Å²) >= 11 is 0. The van der Waals surface area contributed by atoms with Gasteiger partial charge in [0.05, 0.1) is 11.4 Å². The second-order valence-corrected chi connectivity index (χ2v) is 7.37. The number of nitrogens with zero attached hydrogens (tertiary/aromatic N) is 5. The fourth-order valence-corrected chi connectivity index (χ4v) is 4.12. The van der Waals surface area contributed by atoms with Crippen molar-refractivity contribution in [2.75, 3.05) is 24.5 Å². The molecule has 7 heteroatoms. The summed E-state index contributed by atoms with van der Waals surface area (Å²) in [6.07, 6.45) is 5.96. The van der Waals surface area contributed by atoms with Gasteiger partial charge in [0.1, 0.15) is 5.75 Å². The van der Waals surface area contributed by atoms with Crippen LogP contribution in [0.4, 0.5) is 5.82 Å². The monoisotopic (exact) mass is 362 g/mol. The van der Waals surface area contributed by atoms with Crippen LogP contribution in [0.25, 0.3) is 16.9 Å². The molecule has 2 aromatic heterocycles. The Balaban J connectivity index is 1.37. The zero-order valence-electron chi connectivity index (χ0n) is 15.0. The topological polar surface area (TPSA) is 79.1 Å². The van der Waals surface area contributed by atoms with Crippen LogP contribution in [-0.4, -0.2) is 50.8 Å². The van der Waals surface area contributed by atoms with Crippen molar-refractivity contribution in [2.45, 2.75) is 18.9 Å². The van der Waals surface area contributed by atoms with Crippen molar-refractivity contribution in [1.82, 2.24) is 25.3 Å². The highest BCUT2D eigenvalue weighted by Gasteiger charge is 2.30. The lowest BCUT2D eigenvalue weighted by molar-refractivity contribution is 0.476. The second-order valence-electron chi connectivity index (χ2n) is 7.37. The molecule has 2 N–H and O–H groups in total. The maximum absolute atomic E-state index is 10.4. The standard InChI is InChI=1S/C20H22N6O/c27-19-11-16(26-8-1-7-22-26)2-3-17(19)18-4-5-20(24-23-18)25-9-6-15-10-14(13-25)12-21-15/h1-5,7-8,11,14-15,21,27H,6,9-10,12-13H2. The van der Waals surface area contributed by atoms with Gasteiger partial charge in [-0.3, -0.25) is 0 Å². The number of phenols is 1. The average Bonchev–Trinajstić information content (AvgIpc) is 3.32. The lowest BCUT2D eigenvalue weighted by Crippen LogP contribution is -2.35. The predicted octanol–water partition coefficient (Wildman–Crippen LogP) is 2.22. The van der Waals surface area contributed by atoms with E-state index < -0.39 is 0 Å². The molecular formula is C20H22N6O. The van der Waals surface area contributed by atoms with Gasteiger partial charge in [0, 0.05) is 43.2 Å². The molecule has 5 rings (SSSR count). The van der Waals surface area contributed by atoms with Gasteiger partial charge < -0.3 is 15.3 Å². The number of aromatic hydroxyl groups is 1. The molecule has 0 aliphatic carbocycles. The largest absolute Gasteiger partial charge is 0.507 e. The Morgan fingerprint density at radius 3 is 2.89 bits per heavy atom. The van der Waals surface area contributed by atoms with Crippen molar-refractivity contribution >= 4 is 5.82 Å². The molecule has 27 heavy (non-hydrogen) atoms. The second kappa shape index (κ2) is 6.66. The Labute approximate surface area is 157 Å². The summed E-state index contributed by atoms with van der Waals surface area (Å²) in [5.41, 5.74) is 2.14. The minimum atomic E-state index is 0.170. The predicted molar refractivity (Wildman–Crippen MR) is 103 cm³/mol. The summed E-state index contributed by atoms with van der Waals surface area (Å²) in [4.78, 5) is 2.34. The van der Waals surface area contributed by atoms with Gasteiger partial charge in [-0.05, 0) is 55.6 Å². The number of aromatic nitrogens is 4. The van der Waals surface area contributed by atoms with Crippen molar-refractivity contribution in [3.8, 4) is 22.7 Å². The van der Waals surface area contributed by atoms with Gasteiger partial charge in [-0.1, -0.05) is 0 Å². The highest BCUT2D eigenvalue weighted by atomic mass is 16.3. The molecular weight excluding hydrogens is 340 g/mol. The fourth-order valence-electron chi connectivity index (χ4n) is 4.12. The van der Waals surface area contributed by atoms with Crippen molar-refractivity contribution < 1.29 is 5.11 Å². The highest BCUT2D eigenvalue weighted by Crippen LogP contribution is 2.31. The molecule has 4 heterocycles. The minimum Gasteiger partial charge on any atom is -0.507 e. The van der Waals surface area contributed by atoms with Crippen LogP contribution in [0, 0.1) is 5.92 Å². The Hall–Kier alpha value is -2.93. The van der Waals surface area contributed by atoms with E-state index in [1.807, 2.05) is 36.5 Å². The molecule has 0 radical (unpaired) electrons. The lowest BCUT2D eigenvalue weighted by Gasteiger charge is -2.25. The number of rotatable bonds is 3. The number of phenolic OH excluding ortho intramolecular Hbond substituents is 1. The molecule has 2 atom stereocenters. The molecule has 7 nitrogen and oxygen atoms in total. The highest BCUT2D eigenvalue weighted by molar-refractivity contribution is 5.69. The van der Waals surface area contributed by atoms with E-state index in [4.69, 9.17) is 0 Å². The van der Waals surface area contributed by atoms with Crippen molar-refractivity contribution in [2.24, 2.45) is 5.92 Å². The maximum Gasteiger partial charge on any atom is 0.151 e. The number of hydrogen-bond acceptors (Lipinski definition) is 6. The van der Waals surface area contributed by atoms with Gasteiger partial charge in [0.2, 0.25) is 0 Å². The van der Waals surface area contributed by atoms with Crippen molar-refractivity contribution in [3.63, 3.8) is 0 Å². The van der Waals surface area contributed by atoms with Gasteiger partial charge in [-0.2, -0.15) is 5.10 Å². The van der Waals surface area contributed by atoms with E-state index in [9.17, 15) is 5.11 Å². The number of hydrogen-bond donors (Lipinski definition) is 2. The first-order chi connectivity index (χ1) is 13.3. The van der Waals surface area contributed by atoms with Gasteiger partial charge in [0.15, 0.2) is 5.82 Å². The van der Waals surface area contributed by atoms with E-state index >= 15 is 0 Å². The van der Waals surface area contributed by atoms with E-state index in [1.54, 1.807) is 16.9 Å². The quantitative estimate of drug-likeness (QED) is 0.744. The van der Waals surface area contributed by atoms with Gasteiger partial charge in [-0.15, -0.1) is 10.2 Å². The van der Waals surface area contributed by atoms with Crippen LogP contribution >= 0.6 is 0 Å². The minimum absolute atomic E-state index is 0.170. The zero-order valence-corrected chi connectivity index (χ0v) is 15.0. The van der Waals surface area contributed by atoms with E-state index in [2.05, 4.69) is 25.5 Å². The number of benzene rings is 1. The summed E-state index contributed by atoms with van der Waals surface area (Å²) in [5, 5.41) is 27.0. The first-order valence-corrected chi connectivity index (χ1v) is 9.42. The van der Waals surface area contributed by atoms with E-state index in [0.717, 1.165) is 37.6 Å². The number of nitrogens with one attached hydrogen (secondary N) is 1. The van der Waals surface area contributed by atoms with E-state index in [0.29, 0.717) is 23.2 Å². The fraction of sp³-hybridized carbons (Fsp3) is 0.350. The van der Waals surface area contributed by atoms with Gasteiger partial charge in [-0.25, -0.2) is 4.68 Å². The van der Waals surface area contributed by atoms with Crippen LogP contribution in [0.15, 0.2) is 48.8 Å². The number of fused-ring (bicyclic) bond motifs is 2. The first kappa shape index (κ1) is 16.3. The molecule has 2 bridgehead atoms. The molecule has 0 amide bonds. The Bertz CT molecular complexity index is 924. The molecule has 2 saturated heterocycles. The SMILES string of the molecule is Oc1cc(-n2cccn2)ccc1-c1ccc(N2CCC3CC(CN3)C2)nn1. The van der Waals surface area contributed by atoms with Crippen molar-refractivity contribution in [1.29, 1.82) is 0 Å². The third-order valence-electron chi connectivity index (χ3n) is 5.54. The van der Waals surface area contributed by atoms with Crippen LogP contribution < -0.4 is 10.2 Å². The van der Waals surface area contributed by atoms with Gasteiger partial charge in [0.25, 0.3) is 0 Å². The lowest BCUT2D eigenvalue weighted by atomic mass is 10.1. The van der Waals surface area contributed by atoms with Crippen molar-refractivity contribution in [3.05, 3.63) is 48.8 Å². The third-order valence-corrected chi connectivity index (χ3v) is 5.54. The van der Waals surface area contributed by atoms with Crippen LogP contribution in [0.1, 0.15) is 12.8 Å². The van der Waals surface area contributed by atoms with Crippen LogP contribution in [0.3, 0.4) is 0 Å². The Morgan fingerprint density at radius 1 is 1.15 bits per heavy atom. The molecule has 138 valence electrons.